The van der Waals surface area contributed by atoms with Crippen LogP contribution in [0, 0.1) is 5.82 Å². The second-order valence-electron chi connectivity index (χ2n) is 6.37. The van der Waals surface area contributed by atoms with Crippen LogP contribution < -0.4 is 5.32 Å². The van der Waals surface area contributed by atoms with Gasteiger partial charge in [-0.05, 0) is 36.1 Å². The average Bonchev–Trinajstić information content (AvgIpc) is 3.18. The van der Waals surface area contributed by atoms with Crippen molar-refractivity contribution >= 4 is 5.91 Å². The van der Waals surface area contributed by atoms with E-state index in [1.165, 1.54) is 24.3 Å². The number of likely N-dealkylation sites (tertiary alicyclic amines) is 1. The summed E-state index contributed by atoms with van der Waals surface area (Å²) >= 11 is 0. The summed E-state index contributed by atoms with van der Waals surface area (Å²) in [6, 6.07) is 14.6. The Hall–Kier alpha value is -2.24. The van der Waals surface area contributed by atoms with Crippen molar-refractivity contribution < 1.29 is 14.3 Å². The molecule has 4 nitrogen and oxygen atoms in total. The molecule has 0 unspecified atom stereocenters. The number of nitrogens with zero attached hydrogens (tertiary/aromatic N) is 1. The summed E-state index contributed by atoms with van der Waals surface area (Å²) in [6.07, 6.45) is 0.950. The van der Waals surface area contributed by atoms with E-state index in [0.29, 0.717) is 12.1 Å². The fourth-order valence-corrected chi connectivity index (χ4v) is 3.14. The van der Waals surface area contributed by atoms with Crippen LogP contribution in [0.25, 0.3) is 0 Å². The van der Waals surface area contributed by atoms with E-state index in [1.54, 1.807) is 4.90 Å². The van der Waals surface area contributed by atoms with E-state index in [1.807, 2.05) is 30.3 Å². The van der Waals surface area contributed by atoms with Crippen LogP contribution in [0.4, 0.5) is 4.39 Å². The molecule has 1 aliphatic rings. The number of aliphatic hydroxyl groups is 1. The smallest absolute Gasteiger partial charge is 0.242 e. The van der Waals surface area contributed by atoms with Crippen LogP contribution in [0.3, 0.4) is 0 Å². The second-order valence-corrected chi connectivity index (χ2v) is 6.37. The molecule has 1 heterocycles. The third kappa shape index (κ3) is 4.44. The molecule has 0 spiro atoms. The molecule has 0 aromatic heterocycles. The topological polar surface area (TPSA) is 52.6 Å². The molecule has 5 heteroatoms. The van der Waals surface area contributed by atoms with E-state index in [4.69, 9.17) is 0 Å². The Morgan fingerprint density at radius 2 is 1.72 bits per heavy atom. The van der Waals surface area contributed by atoms with Crippen LogP contribution in [-0.4, -0.2) is 35.0 Å². The van der Waals surface area contributed by atoms with Crippen LogP contribution in [0.1, 0.15) is 30.1 Å². The first-order chi connectivity index (χ1) is 12.1. The lowest BCUT2D eigenvalue weighted by molar-refractivity contribution is -0.135. The molecule has 132 valence electrons. The van der Waals surface area contributed by atoms with Gasteiger partial charge < -0.3 is 10.0 Å². The lowest BCUT2D eigenvalue weighted by Gasteiger charge is -2.28. The van der Waals surface area contributed by atoms with Crippen molar-refractivity contribution in [1.29, 1.82) is 0 Å². The molecule has 1 aliphatic heterocycles. The Kier molecular flexibility index (Phi) is 5.79. The van der Waals surface area contributed by atoms with Crippen molar-refractivity contribution in [2.45, 2.75) is 31.5 Å². The van der Waals surface area contributed by atoms with Gasteiger partial charge in [0.15, 0.2) is 0 Å². The number of hydrogen-bond donors (Lipinski definition) is 2. The summed E-state index contributed by atoms with van der Waals surface area (Å²) in [5, 5.41) is 13.9. The monoisotopic (exact) mass is 342 g/mol. The summed E-state index contributed by atoms with van der Waals surface area (Å²) in [5.41, 5.74) is 1.56. The number of amides is 1. The van der Waals surface area contributed by atoms with E-state index < -0.39 is 12.1 Å². The summed E-state index contributed by atoms with van der Waals surface area (Å²) in [7, 11) is 0. The van der Waals surface area contributed by atoms with Gasteiger partial charge in [0.2, 0.25) is 5.91 Å². The van der Waals surface area contributed by atoms with Crippen LogP contribution in [0.2, 0.25) is 0 Å². The number of carbonyl (C=O) groups is 1. The van der Waals surface area contributed by atoms with E-state index in [2.05, 4.69) is 5.32 Å². The number of benzene rings is 2. The summed E-state index contributed by atoms with van der Waals surface area (Å²) in [5.74, 6) is -0.471. The number of aliphatic hydroxyl groups excluding tert-OH is 1. The molecule has 1 amide bonds. The molecule has 0 radical (unpaired) electrons. The number of carbonyl (C=O) groups excluding carboxylic acids is 1. The Balaban J connectivity index is 1.77. The maximum Gasteiger partial charge on any atom is 0.242 e. The molecule has 0 saturated carbocycles. The molecule has 1 fully saturated rings. The molecule has 2 atom stereocenters. The minimum absolute atomic E-state index is 0.106. The highest BCUT2D eigenvalue weighted by Gasteiger charge is 2.32. The predicted octanol–water partition coefficient (Wildman–Crippen LogP) is 2.64. The fourth-order valence-electron chi connectivity index (χ4n) is 3.14. The SMILES string of the molecule is O=C([C@H](NCc1ccccc1)[C@@H](O)c1ccc(F)cc1)N1CCCC1. The first kappa shape index (κ1) is 17.6. The second kappa shape index (κ2) is 8.23. The van der Waals surface area contributed by atoms with E-state index in [-0.39, 0.29) is 11.7 Å². The van der Waals surface area contributed by atoms with Crippen molar-refractivity contribution in [1.82, 2.24) is 10.2 Å². The molecule has 2 N–H and O–H groups in total. The van der Waals surface area contributed by atoms with E-state index >= 15 is 0 Å². The first-order valence-corrected chi connectivity index (χ1v) is 8.65. The predicted molar refractivity (Wildman–Crippen MR) is 94.2 cm³/mol. The zero-order valence-corrected chi connectivity index (χ0v) is 14.1. The highest BCUT2D eigenvalue weighted by molar-refractivity contribution is 5.83. The van der Waals surface area contributed by atoms with E-state index in [0.717, 1.165) is 31.5 Å². The highest BCUT2D eigenvalue weighted by Crippen LogP contribution is 2.21. The van der Waals surface area contributed by atoms with Crippen LogP contribution in [0.15, 0.2) is 54.6 Å². The van der Waals surface area contributed by atoms with Crippen molar-refractivity contribution in [2.24, 2.45) is 0 Å². The molecule has 25 heavy (non-hydrogen) atoms. The summed E-state index contributed by atoms with van der Waals surface area (Å²) < 4.78 is 13.2. The molecule has 1 saturated heterocycles. The average molecular weight is 342 g/mol. The summed E-state index contributed by atoms with van der Waals surface area (Å²) in [4.78, 5) is 14.7. The lowest BCUT2D eigenvalue weighted by atomic mass is 10.0. The van der Waals surface area contributed by atoms with Gasteiger partial charge in [0.1, 0.15) is 18.0 Å². The normalized spacial score (nSPS) is 16.6. The van der Waals surface area contributed by atoms with Gasteiger partial charge in [0.25, 0.3) is 0 Å². The highest BCUT2D eigenvalue weighted by atomic mass is 19.1. The van der Waals surface area contributed by atoms with Gasteiger partial charge in [-0.15, -0.1) is 0 Å². The molecule has 0 bridgehead atoms. The minimum Gasteiger partial charge on any atom is -0.386 e. The molecule has 2 aromatic rings. The molecule has 0 aliphatic carbocycles. The molecular formula is C20H23FN2O2. The van der Waals surface area contributed by atoms with Gasteiger partial charge >= 0.3 is 0 Å². The number of hydrogen-bond acceptors (Lipinski definition) is 3. The van der Waals surface area contributed by atoms with Crippen molar-refractivity contribution in [3.05, 3.63) is 71.5 Å². The zero-order chi connectivity index (χ0) is 17.6. The van der Waals surface area contributed by atoms with Crippen LogP contribution in [0.5, 0.6) is 0 Å². The Labute approximate surface area is 147 Å². The Morgan fingerprint density at radius 1 is 1.08 bits per heavy atom. The van der Waals surface area contributed by atoms with Gasteiger partial charge in [-0.1, -0.05) is 42.5 Å². The number of nitrogens with one attached hydrogen (secondary N) is 1. The first-order valence-electron chi connectivity index (χ1n) is 8.65. The van der Waals surface area contributed by atoms with Crippen molar-refractivity contribution in [2.75, 3.05) is 13.1 Å². The number of rotatable bonds is 6. The van der Waals surface area contributed by atoms with Gasteiger partial charge in [0.05, 0.1) is 0 Å². The zero-order valence-electron chi connectivity index (χ0n) is 14.1. The van der Waals surface area contributed by atoms with Crippen LogP contribution >= 0.6 is 0 Å². The fraction of sp³-hybridized carbons (Fsp3) is 0.350. The van der Waals surface area contributed by atoms with Gasteiger partial charge in [0, 0.05) is 19.6 Å². The lowest BCUT2D eigenvalue weighted by Crippen LogP contribution is -2.48. The largest absolute Gasteiger partial charge is 0.386 e. The van der Waals surface area contributed by atoms with Gasteiger partial charge in [-0.2, -0.15) is 0 Å². The third-order valence-corrected chi connectivity index (χ3v) is 4.58. The molecule has 3 rings (SSSR count). The maximum atomic E-state index is 13.2. The van der Waals surface area contributed by atoms with Crippen molar-refractivity contribution in [3.8, 4) is 0 Å². The van der Waals surface area contributed by atoms with Crippen molar-refractivity contribution in [3.63, 3.8) is 0 Å². The van der Waals surface area contributed by atoms with Gasteiger partial charge in [-0.25, -0.2) is 4.39 Å². The van der Waals surface area contributed by atoms with Crippen LogP contribution in [-0.2, 0) is 11.3 Å². The minimum atomic E-state index is -1.03. The summed E-state index contributed by atoms with van der Waals surface area (Å²) in [6.45, 7) is 1.92. The Morgan fingerprint density at radius 3 is 2.36 bits per heavy atom. The standard InChI is InChI=1S/C20H23FN2O2/c21-17-10-8-16(9-11-17)19(24)18(20(25)23-12-4-5-13-23)22-14-15-6-2-1-3-7-15/h1-3,6-11,18-19,22,24H,4-5,12-14H2/t18-,19+/m1/s1. The maximum absolute atomic E-state index is 13.2. The Bertz CT molecular complexity index is 685. The molecular weight excluding hydrogens is 319 g/mol. The quantitative estimate of drug-likeness (QED) is 0.849. The third-order valence-electron chi connectivity index (χ3n) is 4.58. The molecule has 2 aromatic carbocycles. The number of halogens is 1. The van der Waals surface area contributed by atoms with Gasteiger partial charge in [-0.3, -0.25) is 10.1 Å². The van der Waals surface area contributed by atoms with E-state index in [9.17, 15) is 14.3 Å².